The van der Waals surface area contributed by atoms with Gasteiger partial charge >= 0.3 is 0 Å². The molecule has 2 amide bonds. The minimum absolute atomic E-state index is 0.0742. The zero-order chi connectivity index (χ0) is 19.8. The maximum atomic E-state index is 12.2. The van der Waals surface area contributed by atoms with E-state index < -0.39 is 0 Å². The lowest BCUT2D eigenvalue weighted by Gasteiger charge is -2.32. The van der Waals surface area contributed by atoms with Gasteiger partial charge in [-0.15, -0.1) is 0 Å². The van der Waals surface area contributed by atoms with Crippen molar-refractivity contribution in [1.82, 2.24) is 10.2 Å². The van der Waals surface area contributed by atoms with E-state index in [0.717, 1.165) is 18.6 Å². The molecule has 0 radical (unpaired) electrons. The van der Waals surface area contributed by atoms with Crippen molar-refractivity contribution in [3.05, 3.63) is 54.0 Å². The van der Waals surface area contributed by atoms with Gasteiger partial charge in [-0.3, -0.25) is 9.59 Å². The Morgan fingerprint density at radius 3 is 2.57 bits per heavy atom. The summed E-state index contributed by atoms with van der Waals surface area (Å²) < 4.78 is 16.2. The van der Waals surface area contributed by atoms with Gasteiger partial charge in [-0.1, -0.05) is 0 Å². The Bertz CT molecular complexity index is 750. The van der Waals surface area contributed by atoms with Crippen LogP contribution in [0.2, 0.25) is 0 Å². The van der Waals surface area contributed by atoms with Crippen LogP contribution < -0.4 is 10.1 Å². The van der Waals surface area contributed by atoms with Crippen molar-refractivity contribution in [2.45, 2.75) is 31.9 Å². The number of hydrogen-bond donors (Lipinski definition) is 1. The Kier molecular flexibility index (Phi) is 7.08. The van der Waals surface area contributed by atoms with Crippen molar-refractivity contribution in [3.8, 4) is 5.75 Å². The molecule has 7 heteroatoms. The second-order valence-electron chi connectivity index (χ2n) is 6.73. The first-order chi connectivity index (χ1) is 13.7. The third kappa shape index (κ3) is 5.60. The molecule has 2 aromatic rings. The van der Waals surface area contributed by atoms with Crippen molar-refractivity contribution >= 4 is 11.8 Å². The van der Waals surface area contributed by atoms with E-state index >= 15 is 0 Å². The Morgan fingerprint density at radius 1 is 1.18 bits per heavy atom. The third-order valence-electron chi connectivity index (χ3n) is 4.74. The minimum atomic E-state index is -0.161. The van der Waals surface area contributed by atoms with E-state index in [-0.39, 0.29) is 17.9 Å². The number of amides is 2. The predicted octanol–water partition coefficient (Wildman–Crippen LogP) is 2.62. The van der Waals surface area contributed by atoms with Crippen molar-refractivity contribution in [3.63, 3.8) is 0 Å². The van der Waals surface area contributed by atoms with Crippen molar-refractivity contribution < 1.29 is 23.5 Å². The van der Waals surface area contributed by atoms with E-state index in [0.29, 0.717) is 44.0 Å². The molecular weight excluding hydrogens is 360 g/mol. The summed E-state index contributed by atoms with van der Waals surface area (Å²) in [4.78, 5) is 26.1. The van der Waals surface area contributed by atoms with Crippen LogP contribution in [0, 0.1) is 0 Å². The average Bonchev–Trinajstić information content (AvgIpc) is 3.25. The van der Waals surface area contributed by atoms with E-state index in [1.165, 1.54) is 0 Å². The topological polar surface area (TPSA) is 81.0 Å². The van der Waals surface area contributed by atoms with Gasteiger partial charge in [0.15, 0.2) is 0 Å². The molecule has 150 valence electrons. The molecule has 1 fully saturated rings. The number of carbonyl (C=O) groups is 2. The molecule has 1 N–H and O–H groups in total. The smallest absolute Gasteiger partial charge is 0.251 e. The number of benzene rings is 1. The van der Waals surface area contributed by atoms with Gasteiger partial charge in [-0.25, -0.2) is 0 Å². The molecule has 7 nitrogen and oxygen atoms in total. The number of piperidine rings is 1. The number of ether oxygens (including phenoxy) is 2. The molecule has 1 aromatic carbocycles. The quantitative estimate of drug-likeness (QED) is 0.754. The van der Waals surface area contributed by atoms with E-state index in [1.807, 2.05) is 11.0 Å². The molecule has 0 aliphatic carbocycles. The van der Waals surface area contributed by atoms with Crippen molar-refractivity contribution in [2.75, 3.05) is 26.8 Å². The second-order valence-corrected chi connectivity index (χ2v) is 6.73. The lowest BCUT2D eigenvalue weighted by molar-refractivity contribution is -0.133. The van der Waals surface area contributed by atoms with Gasteiger partial charge in [0.2, 0.25) is 5.91 Å². The summed E-state index contributed by atoms with van der Waals surface area (Å²) in [7, 11) is 1.60. The Balaban J connectivity index is 1.43. The van der Waals surface area contributed by atoms with Gasteiger partial charge < -0.3 is 24.1 Å². The number of hydrogen-bond acceptors (Lipinski definition) is 5. The summed E-state index contributed by atoms with van der Waals surface area (Å²) in [6.45, 7) is 2.20. The van der Waals surface area contributed by atoms with Crippen LogP contribution in [-0.2, 0) is 16.1 Å². The standard InChI is InChI=1S/C21H26N2O5/c1-26-14-10-20(24)23-11-8-18(9-12-23)28-17-6-4-16(5-7-17)21(25)22-15-19-3-2-13-27-19/h2-7,13,18H,8-12,14-15H2,1H3,(H,22,25). The first kappa shape index (κ1) is 19.9. The fourth-order valence-corrected chi connectivity index (χ4v) is 3.13. The number of nitrogens with one attached hydrogen (secondary N) is 1. The monoisotopic (exact) mass is 386 g/mol. The summed E-state index contributed by atoms with van der Waals surface area (Å²) in [5.74, 6) is 1.41. The maximum absolute atomic E-state index is 12.2. The molecule has 1 aliphatic heterocycles. The molecule has 0 spiro atoms. The van der Waals surface area contributed by atoms with Crippen LogP contribution in [0.5, 0.6) is 5.75 Å². The van der Waals surface area contributed by atoms with Gasteiger partial charge in [-0.2, -0.15) is 0 Å². The Hall–Kier alpha value is -2.80. The Morgan fingerprint density at radius 2 is 1.93 bits per heavy atom. The number of rotatable bonds is 8. The van der Waals surface area contributed by atoms with Crippen LogP contribution in [-0.4, -0.2) is 49.6 Å². The average molecular weight is 386 g/mol. The third-order valence-corrected chi connectivity index (χ3v) is 4.74. The van der Waals surface area contributed by atoms with Crippen LogP contribution in [0.4, 0.5) is 0 Å². The molecular formula is C21H26N2O5. The van der Waals surface area contributed by atoms with Crippen molar-refractivity contribution in [2.24, 2.45) is 0 Å². The van der Waals surface area contributed by atoms with Crippen LogP contribution in [0.25, 0.3) is 0 Å². The van der Waals surface area contributed by atoms with Crippen LogP contribution in [0.3, 0.4) is 0 Å². The number of likely N-dealkylation sites (tertiary alicyclic amines) is 1. The number of nitrogens with zero attached hydrogens (tertiary/aromatic N) is 1. The predicted molar refractivity (Wildman–Crippen MR) is 103 cm³/mol. The fraction of sp³-hybridized carbons (Fsp3) is 0.429. The van der Waals surface area contributed by atoms with Gasteiger partial charge in [0, 0.05) is 38.6 Å². The molecule has 1 saturated heterocycles. The van der Waals surface area contributed by atoms with Crippen LogP contribution in [0.15, 0.2) is 47.1 Å². The molecule has 0 bridgehead atoms. The SMILES string of the molecule is COCCC(=O)N1CCC(Oc2ccc(C(=O)NCc3ccco3)cc2)CC1. The van der Waals surface area contributed by atoms with Gasteiger partial charge in [-0.05, 0) is 36.4 Å². The molecule has 28 heavy (non-hydrogen) atoms. The molecule has 0 atom stereocenters. The zero-order valence-electron chi connectivity index (χ0n) is 16.1. The fourth-order valence-electron chi connectivity index (χ4n) is 3.13. The molecule has 3 rings (SSSR count). The first-order valence-corrected chi connectivity index (χ1v) is 9.49. The highest BCUT2D eigenvalue weighted by atomic mass is 16.5. The normalized spacial score (nSPS) is 14.7. The van der Waals surface area contributed by atoms with Gasteiger partial charge in [0.05, 0.1) is 25.8 Å². The zero-order valence-corrected chi connectivity index (χ0v) is 16.1. The van der Waals surface area contributed by atoms with E-state index in [1.54, 1.807) is 43.7 Å². The molecule has 1 aliphatic rings. The lowest BCUT2D eigenvalue weighted by atomic mass is 10.1. The van der Waals surface area contributed by atoms with Crippen LogP contribution in [0.1, 0.15) is 35.4 Å². The summed E-state index contributed by atoms with van der Waals surface area (Å²) in [6, 6.07) is 10.7. The highest BCUT2D eigenvalue weighted by Gasteiger charge is 2.23. The second kappa shape index (κ2) is 9.94. The van der Waals surface area contributed by atoms with Crippen LogP contribution >= 0.6 is 0 Å². The van der Waals surface area contributed by atoms with E-state index in [9.17, 15) is 9.59 Å². The number of methoxy groups -OCH3 is 1. The molecule has 0 saturated carbocycles. The Labute approximate surface area is 164 Å². The van der Waals surface area contributed by atoms with E-state index in [4.69, 9.17) is 13.9 Å². The van der Waals surface area contributed by atoms with Gasteiger partial charge in [0.1, 0.15) is 17.6 Å². The lowest BCUT2D eigenvalue weighted by Crippen LogP contribution is -2.42. The number of furan rings is 1. The molecule has 1 aromatic heterocycles. The first-order valence-electron chi connectivity index (χ1n) is 9.49. The van der Waals surface area contributed by atoms with Gasteiger partial charge in [0.25, 0.3) is 5.91 Å². The summed E-state index contributed by atoms with van der Waals surface area (Å²) in [5.41, 5.74) is 0.567. The highest BCUT2D eigenvalue weighted by Crippen LogP contribution is 2.20. The summed E-state index contributed by atoms with van der Waals surface area (Å²) >= 11 is 0. The summed E-state index contributed by atoms with van der Waals surface area (Å²) in [6.07, 6.45) is 3.66. The molecule has 0 unspecified atom stereocenters. The number of carbonyl (C=O) groups excluding carboxylic acids is 2. The minimum Gasteiger partial charge on any atom is -0.490 e. The molecule has 2 heterocycles. The maximum Gasteiger partial charge on any atom is 0.251 e. The van der Waals surface area contributed by atoms with E-state index in [2.05, 4.69) is 5.32 Å². The largest absolute Gasteiger partial charge is 0.490 e. The summed E-state index contributed by atoms with van der Waals surface area (Å²) in [5, 5.41) is 2.81. The van der Waals surface area contributed by atoms with Crippen molar-refractivity contribution in [1.29, 1.82) is 0 Å². The highest BCUT2D eigenvalue weighted by molar-refractivity contribution is 5.94.